The standard InChI is InChI=1S/C10H20O2S/c1-8(2)6-10-9(4-5-13-10)12-7-11-3/h8-10H,4-7H2,1-3H3/t9-,10-/m1/s1. The molecule has 1 aliphatic rings. The van der Waals surface area contributed by atoms with Gasteiger partial charge in [-0.25, -0.2) is 0 Å². The van der Waals surface area contributed by atoms with Crippen LogP contribution in [0.25, 0.3) is 0 Å². The van der Waals surface area contributed by atoms with Crippen molar-refractivity contribution in [3.8, 4) is 0 Å². The van der Waals surface area contributed by atoms with E-state index in [0.29, 0.717) is 18.1 Å². The molecule has 1 heterocycles. The molecule has 0 bridgehead atoms. The van der Waals surface area contributed by atoms with Crippen molar-refractivity contribution in [1.29, 1.82) is 0 Å². The number of thioether (sulfide) groups is 1. The third-order valence-corrected chi connectivity index (χ3v) is 3.65. The molecule has 0 saturated carbocycles. The number of hydrogen-bond donors (Lipinski definition) is 0. The fourth-order valence-electron chi connectivity index (χ4n) is 1.66. The number of methoxy groups -OCH3 is 1. The molecule has 1 saturated heterocycles. The van der Waals surface area contributed by atoms with E-state index in [0.717, 1.165) is 5.92 Å². The minimum atomic E-state index is 0.423. The lowest BCUT2D eigenvalue weighted by Crippen LogP contribution is -2.24. The number of rotatable bonds is 5. The first kappa shape index (κ1) is 11.3. The Morgan fingerprint density at radius 1 is 1.46 bits per heavy atom. The second kappa shape index (κ2) is 5.89. The van der Waals surface area contributed by atoms with Gasteiger partial charge in [-0.2, -0.15) is 11.8 Å². The maximum absolute atomic E-state index is 5.62. The Morgan fingerprint density at radius 2 is 2.23 bits per heavy atom. The van der Waals surface area contributed by atoms with Crippen LogP contribution in [0.5, 0.6) is 0 Å². The fourth-order valence-corrected chi connectivity index (χ4v) is 3.28. The van der Waals surface area contributed by atoms with E-state index < -0.39 is 0 Å². The van der Waals surface area contributed by atoms with Crippen LogP contribution in [0, 0.1) is 5.92 Å². The maximum atomic E-state index is 5.62. The molecule has 0 aliphatic carbocycles. The average molecular weight is 204 g/mol. The lowest BCUT2D eigenvalue weighted by molar-refractivity contribution is -0.0712. The largest absolute Gasteiger partial charge is 0.359 e. The van der Waals surface area contributed by atoms with Gasteiger partial charge in [-0.15, -0.1) is 0 Å². The van der Waals surface area contributed by atoms with Crippen molar-refractivity contribution in [2.75, 3.05) is 19.7 Å². The van der Waals surface area contributed by atoms with Crippen LogP contribution in [-0.2, 0) is 9.47 Å². The van der Waals surface area contributed by atoms with E-state index in [1.165, 1.54) is 18.6 Å². The zero-order chi connectivity index (χ0) is 9.68. The maximum Gasteiger partial charge on any atom is 0.146 e. The average Bonchev–Trinajstić information content (AvgIpc) is 2.48. The van der Waals surface area contributed by atoms with Crippen LogP contribution in [-0.4, -0.2) is 31.0 Å². The molecule has 1 rings (SSSR count). The second-order valence-electron chi connectivity index (χ2n) is 3.94. The Balaban J connectivity index is 2.26. The van der Waals surface area contributed by atoms with Crippen molar-refractivity contribution in [2.45, 2.75) is 38.0 Å². The van der Waals surface area contributed by atoms with Crippen LogP contribution in [0.1, 0.15) is 26.7 Å². The highest BCUT2D eigenvalue weighted by molar-refractivity contribution is 8.00. The zero-order valence-electron chi connectivity index (χ0n) is 8.79. The monoisotopic (exact) mass is 204 g/mol. The van der Waals surface area contributed by atoms with Gasteiger partial charge in [0.15, 0.2) is 0 Å². The Bertz CT molecular complexity index is 139. The summed E-state index contributed by atoms with van der Waals surface area (Å²) in [4.78, 5) is 0. The van der Waals surface area contributed by atoms with Crippen LogP contribution in [0.2, 0.25) is 0 Å². The summed E-state index contributed by atoms with van der Waals surface area (Å²) in [5.74, 6) is 2.01. The second-order valence-corrected chi connectivity index (χ2v) is 5.29. The van der Waals surface area contributed by atoms with Gasteiger partial charge in [0.05, 0.1) is 6.10 Å². The Morgan fingerprint density at radius 3 is 2.85 bits per heavy atom. The summed E-state index contributed by atoms with van der Waals surface area (Å²) in [5, 5.41) is 0.690. The smallest absolute Gasteiger partial charge is 0.146 e. The highest BCUT2D eigenvalue weighted by Crippen LogP contribution is 2.33. The van der Waals surface area contributed by atoms with E-state index >= 15 is 0 Å². The van der Waals surface area contributed by atoms with Crippen LogP contribution in [0.4, 0.5) is 0 Å². The van der Waals surface area contributed by atoms with Gasteiger partial charge in [-0.1, -0.05) is 13.8 Å². The summed E-state index contributed by atoms with van der Waals surface area (Å²) in [6.45, 7) is 4.98. The van der Waals surface area contributed by atoms with Crippen molar-refractivity contribution < 1.29 is 9.47 Å². The van der Waals surface area contributed by atoms with Gasteiger partial charge in [0, 0.05) is 12.4 Å². The summed E-state index contributed by atoms with van der Waals surface area (Å²) in [7, 11) is 1.68. The zero-order valence-corrected chi connectivity index (χ0v) is 9.60. The van der Waals surface area contributed by atoms with Gasteiger partial charge in [0.1, 0.15) is 6.79 Å². The lowest BCUT2D eigenvalue weighted by atomic mass is 10.0. The molecule has 0 amide bonds. The summed E-state index contributed by atoms with van der Waals surface area (Å²) >= 11 is 2.05. The van der Waals surface area contributed by atoms with E-state index in [9.17, 15) is 0 Å². The molecule has 3 heteroatoms. The quantitative estimate of drug-likeness (QED) is 0.641. The molecular weight excluding hydrogens is 184 g/mol. The van der Waals surface area contributed by atoms with E-state index in [4.69, 9.17) is 9.47 Å². The highest BCUT2D eigenvalue weighted by Gasteiger charge is 2.28. The molecule has 0 radical (unpaired) electrons. The lowest BCUT2D eigenvalue weighted by Gasteiger charge is -2.20. The molecule has 13 heavy (non-hydrogen) atoms. The van der Waals surface area contributed by atoms with Crippen molar-refractivity contribution in [3.05, 3.63) is 0 Å². The van der Waals surface area contributed by atoms with E-state index in [2.05, 4.69) is 13.8 Å². The van der Waals surface area contributed by atoms with Crippen LogP contribution >= 0.6 is 11.8 Å². The van der Waals surface area contributed by atoms with Crippen LogP contribution in [0.15, 0.2) is 0 Å². The first-order chi connectivity index (χ1) is 6.24. The van der Waals surface area contributed by atoms with Gasteiger partial charge in [0.25, 0.3) is 0 Å². The van der Waals surface area contributed by atoms with Crippen molar-refractivity contribution >= 4 is 11.8 Å². The molecule has 1 aliphatic heterocycles. The highest BCUT2D eigenvalue weighted by atomic mass is 32.2. The Hall–Kier alpha value is 0.270. The van der Waals surface area contributed by atoms with Gasteiger partial charge >= 0.3 is 0 Å². The molecule has 0 aromatic heterocycles. The van der Waals surface area contributed by atoms with Crippen molar-refractivity contribution in [3.63, 3.8) is 0 Å². The SMILES string of the molecule is COCO[C@@H]1CCS[C@@H]1CC(C)C. The third-order valence-electron chi connectivity index (χ3n) is 2.25. The number of hydrogen-bond acceptors (Lipinski definition) is 3. The molecule has 0 spiro atoms. The van der Waals surface area contributed by atoms with E-state index in [1.54, 1.807) is 7.11 Å². The van der Waals surface area contributed by atoms with Gasteiger partial charge in [-0.3, -0.25) is 0 Å². The molecule has 78 valence electrons. The Labute approximate surface area is 85.4 Å². The van der Waals surface area contributed by atoms with Crippen LogP contribution < -0.4 is 0 Å². The summed E-state index contributed by atoms with van der Waals surface area (Å²) < 4.78 is 10.5. The van der Waals surface area contributed by atoms with Crippen molar-refractivity contribution in [1.82, 2.24) is 0 Å². The van der Waals surface area contributed by atoms with E-state index in [-0.39, 0.29) is 0 Å². The van der Waals surface area contributed by atoms with Gasteiger partial charge in [0.2, 0.25) is 0 Å². The normalized spacial score (nSPS) is 28.6. The molecule has 0 aromatic carbocycles. The fraction of sp³-hybridized carbons (Fsp3) is 1.00. The van der Waals surface area contributed by atoms with Crippen molar-refractivity contribution in [2.24, 2.45) is 5.92 Å². The topological polar surface area (TPSA) is 18.5 Å². The predicted molar refractivity (Wildman–Crippen MR) is 57.1 cm³/mol. The molecule has 0 unspecified atom stereocenters. The van der Waals surface area contributed by atoms with Gasteiger partial charge < -0.3 is 9.47 Å². The summed E-state index contributed by atoms with van der Waals surface area (Å²) in [5.41, 5.74) is 0. The predicted octanol–water partition coefficient (Wildman–Crippen LogP) is 2.53. The van der Waals surface area contributed by atoms with Gasteiger partial charge in [-0.05, 0) is 24.5 Å². The molecular formula is C10H20O2S. The Kier molecular flexibility index (Phi) is 5.14. The summed E-state index contributed by atoms with van der Waals surface area (Å²) in [6, 6.07) is 0. The molecule has 0 aromatic rings. The molecule has 0 N–H and O–H groups in total. The first-order valence-electron chi connectivity index (χ1n) is 4.96. The molecule has 1 fully saturated rings. The summed E-state index contributed by atoms with van der Waals surface area (Å²) in [6.07, 6.45) is 2.87. The molecule has 2 atom stereocenters. The first-order valence-corrected chi connectivity index (χ1v) is 6.01. The third kappa shape index (κ3) is 3.88. The molecule has 2 nitrogen and oxygen atoms in total. The number of ether oxygens (including phenoxy) is 2. The minimum Gasteiger partial charge on any atom is -0.359 e. The van der Waals surface area contributed by atoms with Crippen LogP contribution in [0.3, 0.4) is 0 Å². The minimum absolute atomic E-state index is 0.423. The van der Waals surface area contributed by atoms with E-state index in [1.807, 2.05) is 11.8 Å².